The maximum Gasteiger partial charge on any atom is 0.238 e. The normalized spacial score (nSPS) is 15.2. The van der Waals surface area contributed by atoms with Gasteiger partial charge in [0.05, 0.1) is 15.0 Å². The summed E-state index contributed by atoms with van der Waals surface area (Å²) in [6.07, 6.45) is 2.15. The molecule has 11 heteroatoms. The van der Waals surface area contributed by atoms with Crippen molar-refractivity contribution in [3.8, 4) is 10.7 Å². The molecule has 1 amide bonds. The number of hydrogen-bond acceptors (Lipinski definition) is 7. The molecule has 1 aliphatic carbocycles. The molecule has 0 spiro atoms. The van der Waals surface area contributed by atoms with Gasteiger partial charge >= 0.3 is 0 Å². The molecule has 3 aromatic rings. The minimum atomic E-state index is -3.83. The van der Waals surface area contributed by atoms with Gasteiger partial charge in [-0.15, -0.1) is 21.5 Å². The third-order valence-corrected chi connectivity index (χ3v) is 7.23. The molecule has 8 nitrogen and oxygen atoms in total. The number of thioether (sulfide) groups is 1. The van der Waals surface area contributed by atoms with Gasteiger partial charge in [-0.3, -0.25) is 9.36 Å². The van der Waals surface area contributed by atoms with Gasteiger partial charge in [0.25, 0.3) is 0 Å². The van der Waals surface area contributed by atoms with E-state index in [1.165, 1.54) is 30.0 Å². The van der Waals surface area contributed by atoms with Crippen LogP contribution in [0.25, 0.3) is 10.7 Å². The van der Waals surface area contributed by atoms with Gasteiger partial charge in [-0.25, -0.2) is 13.6 Å². The van der Waals surface area contributed by atoms with E-state index in [2.05, 4.69) is 20.1 Å². The number of nitrogens with two attached hydrogens (primary N) is 1. The maximum atomic E-state index is 12.6. The van der Waals surface area contributed by atoms with Crippen LogP contribution in [-0.2, 0) is 14.8 Å². The first-order valence-corrected chi connectivity index (χ1v) is 12.2. The molecule has 1 saturated carbocycles. The lowest BCUT2D eigenvalue weighted by Crippen LogP contribution is -2.23. The Morgan fingerprint density at radius 3 is 2.76 bits per heavy atom. The standard InChI is InChI=1S/C18H19N5O3S3/c1-11(17(24)20-12-4-2-5-14(10-12)29(19,25)26)28-18-22-21-16(15-6-3-9-27-15)23(18)13-7-8-13/h2-6,9-11,13H,7-8H2,1H3,(H,20,24)(H2,19,25,26). The summed E-state index contributed by atoms with van der Waals surface area (Å²) in [5.74, 6) is 0.572. The number of sulfonamides is 1. The van der Waals surface area contributed by atoms with E-state index >= 15 is 0 Å². The van der Waals surface area contributed by atoms with E-state index in [4.69, 9.17) is 5.14 Å². The van der Waals surface area contributed by atoms with Crippen molar-refractivity contribution < 1.29 is 13.2 Å². The van der Waals surface area contributed by atoms with Crippen molar-refractivity contribution in [1.29, 1.82) is 0 Å². The van der Waals surface area contributed by atoms with Gasteiger partial charge in [-0.2, -0.15) is 0 Å². The molecule has 0 saturated heterocycles. The average molecular weight is 450 g/mol. The second-order valence-corrected chi connectivity index (χ2v) is 10.5. The number of amides is 1. The zero-order valence-electron chi connectivity index (χ0n) is 15.5. The summed E-state index contributed by atoms with van der Waals surface area (Å²) in [6, 6.07) is 10.2. The topological polar surface area (TPSA) is 120 Å². The molecule has 152 valence electrons. The maximum absolute atomic E-state index is 12.6. The Morgan fingerprint density at radius 1 is 1.31 bits per heavy atom. The predicted molar refractivity (Wildman–Crippen MR) is 113 cm³/mol. The van der Waals surface area contributed by atoms with E-state index in [1.807, 2.05) is 17.5 Å². The van der Waals surface area contributed by atoms with E-state index in [0.29, 0.717) is 16.9 Å². The first-order chi connectivity index (χ1) is 13.8. The summed E-state index contributed by atoms with van der Waals surface area (Å²) in [5.41, 5.74) is 0.372. The number of carbonyl (C=O) groups excluding carboxylic acids is 1. The van der Waals surface area contributed by atoms with Gasteiger partial charge in [0, 0.05) is 11.7 Å². The lowest BCUT2D eigenvalue weighted by molar-refractivity contribution is -0.115. The van der Waals surface area contributed by atoms with E-state index in [-0.39, 0.29) is 10.8 Å². The molecule has 0 radical (unpaired) electrons. The first-order valence-electron chi connectivity index (χ1n) is 8.92. The number of benzene rings is 1. The highest BCUT2D eigenvalue weighted by molar-refractivity contribution is 8.00. The van der Waals surface area contributed by atoms with Gasteiger partial charge < -0.3 is 5.32 Å². The van der Waals surface area contributed by atoms with Crippen LogP contribution in [0.15, 0.2) is 51.8 Å². The van der Waals surface area contributed by atoms with Gasteiger partial charge in [0.15, 0.2) is 11.0 Å². The average Bonchev–Trinajstić information content (AvgIpc) is 3.20. The van der Waals surface area contributed by atoms with Crippen molar-refractivity contribution in [3.63, 3.8) is 0 Å². The Bertz CT molecular complexity index is 1140. The first kappa shape index (κ1) is 20.1. The van der Waals surface area contributed by atoms with Crippen LogP contribution in [0, 0.1) is 0 Å². The van der Waals surface area contributed by atoms with Crippen molar-refractivity contribution in [1.82, 2.24) is 14.8 Å². The van der Waals surface area contributed by atoms with Crippen molar-refractivity contribution in [2.45, 2.75) is 41.1 Å². The Hall–Kier alpha value is -2.21. The monoisotopic (exact) mass is 449 g/mol. The Balaban J connectivity index is 1.50. The van der Waals surface area contributed by atoms with Crippen LogP contribution >= 0.6 is 23.1 Å². The molecule has 1 aromatic carbocycles. The lowest BCUT2D eigenvalue weighted by Gasteiger charge is -2.13. The van der Waals surface area contributed by atoms with Crippen LogP contribution in [0.1, 0.15) is 25.8 Å². The summed E-state index contributed by atoms with van der Waals surface area (Å²) < 4.78 is 25.1. The zero-order valence-corrected chi connectivity index (χ0v) is 17.9. The minimum Gasteiger partial charge on any atom is -0.325 e. The highest BCUT2D eigenvalue weighted by Crippen LogP contribution is 2.42. The number of thiophene rings is 1. The Labute approximate surface area is 176 Å². The quantitative estimate of drug-likeness (QED) is 0.535. The molecule has 4 rings (SSSR count). The summed E-state index contributed by atoms with van der Waals surface area (Å²) in [4.78, 5) is 13.6. The molecule has 1 atom stereocenters. The number of aromatic nitrogens is 3. The number of nitrogens with one attached hydrogen (secondary N) is 1. The second-order valence-electron chi connectivity index (χ2n) is 6.71. The van der Waals surface area contributed by atoms with Crippen LogP contribution in [-0.4, -0.2) is 34.3 Å². The van der Waals surface area contributed by atoms with Crippen LogP contribution in [0.3, 0.4) is 0 Å². The fourth-order valence-electron chi connectivity index (χ4n) is 2.80. The Morgan fingerprint density at radius 2 is 2.10 bits per heavy atom. The summed E-state index contributed by atoms with van der Waals surface area (Å²) in [5, 5.41) is 18.8. The molecule has 0 aliphatic heterocycles. The molecule has 29 heavy (non-hydrogen) atoms. The number of anilines is 1. The predicted octanol–water partition coefficient (Wildman–Crippen LogP) is 3.11. The Kier molecular flexibility index (Phi) is 5.47. The van der Waals surface area contributed by atoms with Crippen molar-refractivity contribution >= 4 is 44.7 Å². The van der Waals surface area contributed by atoms with Crippen LogP contribution < -0.4 is 10.5 Å². The summed E-state index contributed by atoms with van der Waals surface area (Å²) >= 11 is 2.94. The molecule has 1 unspecified atom stereocenters. The van der Waals surface area contributed by atoms with E-state index < -0.39 is 15.3 Å². The van der Waals surface area contributed by atoms with Gasteiger partial charge in [-0.1, -0.05) is 23.9 Å². The fourth-order valence-corrected chi connectivity index (χ4v) is 4.98. The third-order valence-electron chi connectivity index (χ3n) is 4.40. The van der Waals surface area contributed by atoms with E-state index in [1.54, 1.807) is 24.3 Å². The highest BCUT2D eigenvalue weighted by Gasteiger charge is 2.31. The minimum absolute atomic E-state index is 0.0512. The molecular formula is C18H19N5O3S3. The van der Waals surface area contributed by atoms with Crippen molar-refractivity contribution in [2.75, 3.05) is 5.32 Å². The lowest BCUT2D eigenvalue weighted by atomic mass is 10.3. The number of primary sulfonamides is 1. The van der Waals surface area contributed by atoms with Gasteiger partial charge in [-0.05, 0) is 49.4 Å². The summed E-state index contributed by atoms with van der Waals surface area (Å²) in [7, 11) is -3.83. The second kappa shape index (κ2) is 7.90. The van der Waals surface area contributed by atoms with Crippen LogP contribution in [0.5, 0.6) is 0 Å². The van der Waals surface area contributed by atoms with E-state index in [0.717, 1.165) is 23.5 Å². The highest BCUT2D eigenvalue weighted by atomic mass is 32.2. The molecule has 3 N–H and O–H groups in total. The van der Waals surface area contributed by atoms with Crippen LogP contribution in [0.2, 0.25) is 0 Å². The molecule has 2 heterocycles. The van der Waals surface area contributed by atoms with Crippen LogP contribution in [0.4, 0.5) is 5.69 Å². The molecular weight excluding hydrogens is 430 g/mol. The number of rotatable bonds is 7. The zero-order chi connectivity index (χ0) is 20.6. The van der Waals surface area contributed by atoms with Crippen molar-refractivity contribution in [3.05, 3.63) is 41.8 Å². The van der Waals surface area contributed by atoms with E-state index in [9.17, 15) is 13.2 Å². The fraction of sp³-hybridized carbons (Fsp3) is 0.278. The number of nitrogens with zero attached hydrogens (tertiary/aromatic N) is 3. The molecule has 0 bridgehead atoms. The smallest absolute Gasteiger partial charge is 0.238 e. The number of carbonyl (C=O) groups is 1. The molecule has 1 fully saturated rings. The number of hydrogen-bond donors (Lipinski definition) is 2. The summed E-state index contributed by atoms with van der Waals surface area (Å²) in [6.45, 7) is 1.78. The third kappa shape index (κ3) is 4.53. The van der Waals surface area contributed by atoms with Gasteiger partial charge in [0.2, 0.25) is 15.9 Å². The SMILES string of the molecule is CC(Sc1nnc(-c2cccs2)n1C1CC1)C(=O)Nc1cccc(S(N)(=O)=O)c1. The largest absolute Gasteiger partial charge is 0.325 e. The van der Waals surface area contributed by atoms with Crippen molar-refractivity contribution in [2.24, 2.45) is 5.14 Å². The molecule has 2 aromatic heterocycles. The molecule has 1 aliphatic rings. The van der Waals surface area contributed by atoms with Gasteiger partial charge in [0.1, 0.15) is 0 Å².